The van der Waals surface area contributed by atoms with Crippen LogP contribution in [-0.2, 0) is 21.8 Å². The third-order valence-electron chi connectivity index (χ3n) is 6.69. The van der Waals surface area contributed by atoms with Gasteiger partial charge in [0, 0.05) is 54.5 Å². The van der Waals surface area contributed by atoms with Gasteiger partial charge in [-0.1, -0.05) is 30.3 Å². The average Bonchev–Trinajstić information content (AvgIpc) is 3.30. The molecule has 2 saturated heterocycles. The Bertz CT molecular complexity index is 1180. The fraction of sp³-hybridized carbons (Fsp3) is 0.385. The van der Waals surface area contributed by atoms with Gasteiger partial charge < -0.3 is 14.4 Å². The highest BCUT2D eigenvalue weighted by atomic mass is 32.2. The van der Waals surface area contributed by atoms with Gasteiger partial charge in [-0.25, -0.2) is 4.68 Å². The van der Waals surface area contributed by atoms with Gasteiger partial charge in [0.2, 0.25) is 0 Å². The van der Waals surface area contributed by atoms with Crippen molar-refractivity contribution in [2.24, 2.45) is 0 Å². The van der Waals surface area contributed by atoms with Gasteiger partial charge in [-0.15, -0.1) is 11.8 Å². The molecule has 2 aromatic carbocycles. The molecule has 0 radical (unpaired) electrons. The number of hydrogen-bond acceptors (Lipinski definition) is 6. The van der Waals surface area contributed by atoms with Crippen LogP contribution in [0, 0.1) is 0 Å². The van der Waals surface area contributed by atoms with Crippen molar-refractivity contribution in [3.8, 4) is 16.9 Å². The molecule has 3 aliphatic heterocycles. The van der Waals surface area contributed by atoms with E-state index in [9.17, 15) is 4.79 Å². The number of carbonyl (C=O) groups excluding carboxylic acids is 1. The lowest BCUT2D eigenvalue weighted by Gasteiger charge is -2.26. The van der Waals surface area contributed by atoms with Crippen molar-refractivity contribution < 1.29 is 14.3 Å². The quantitative estimate of drug-likeness (QED) is 0.575. The monoisotopic (exact) mass is 476 g/mol. The molecule has 0 spiro atoms. The van der Waals surface area contributed by atoms with Gasteiger partial charge in [-0.3, -0.25) is 9.69 Å². The normalized spacial score (nSPS) is 18.4. The molecular weight excluding hydrogens is 448 g/mol. The van der Waals surface area contributed by atoms with Crippen molar-refractivity contribution in [1.29, 1.82) is 0 Å². The summed E-state index contributed by atoms with van der Waals surface area (Å²) in [6.45, 7) is 6.84. The molecule has 0 atom stereocenters. The number of aromatic nitrogens is 2. The van der Waals surface area contributed by atoms with Crippen molar-refractivity contribution in [1.82, 2.24) is 19.6 Å². The maximum Gasteiger partial charge on any atom is 0.274 e. The number of nitrogens with zero attached hydrogens (tertiary/aromatic N) is 4. The van der Waals surface area contributed by atoms with Crippen LogP contribution in [0.25, 0.3) is 16.9 Å². The number of hydrogen-bond donors (Lipinski definition) is 0. The average molecular weight is 477 g/mol. The van der Waals surface area contributed by atoms with Gasteiger partial charge in [0.1, 0.15) is 0 Å². The molecule has 176 valence electrons. The summed E-state index contributed by atoms with van der Waals surface area (Å²) < 4.78 is 12.9. The minimum absolute atomic E-state index is 0.00205. The molecule has 3 aromatic rings. The van der Waals surface area contributed by atoms with E-state index < -0.39 is 0 Å². The molecule has 7 nitrogen and oxygen atoms in total. The predicted octanol–water partition coefficient (Wildman–Crippen LogP) is 3.45. The van der Waals surface area contributed by atoms with E-state index in [0.29, 0.717) is 32.0 Å². The Kier molecular flexibility index (Phi) is 6.13. The number of thioether (sulfide) groups is 1. The summed E-state index contributed by atoms with van der Waals surface area (Å²) in [5.74, 6) is 0.745. The van der Waals surface area contributed by atoms with Crippen LogP contribution in [0.5, 0.6) is 0 Å². The Balaban J connectivity index is 1.37. The Labute approximate surface area is 203 Å². The highest BCUT2D eigenvalue weighted by molar-refractivity contribution is 7.98. The Morgan fingerprint density at radius 1 is 0.912 bits per heavy atom. The van der Waals surface area contributed by atoms with E-state index in [2.05, 4.69) is 53.4 Å². The van der Waals surface area contributed by atoms with E-state index in [1.54, 1.807) is 11.8 Å². The zero-order valence-electron chi connectivity index (χ0n) is 19.1. The van der Waals surface area contributed by atoms with Gasteiger partial charge in [-0.05, 0) is 23.8 Å². The molecule has 0 unspecified atom stereocenters. The molecule has 3 aliphatic rings. The lowest BCUT2D eigenvalue weighted by molar-refractivity contribution is 0.0298. The highest BCUT2D eigenvalue weighted by Crippen LogP contribution is 2.43. The van der Waals surface area contributed by atoms with Crippen LogP contribution in [0.2, 0.25) is 0 Å². The minimum Gasteiger partial charge on any atom is -0.379 e. The topological polar surface area (TPSA) is 59.8 Å². The zero-order chi connectivity index (χ0) is 22.9. The van der Waals surface area contributed by atoms with Crippen molar-refractivity contribution >= 4 is 17.7 Å². The molecular formula is C26H28N4O3S. The summed E-state index contributed by atoms with van der Waals surface area (Å²) in [6.07, 6.45) is 0. The molecule has 34 heavy (non-hydrogen) atoms. The maximum absolute atomic E-state index is 13.5. The number of ether oxygens (including phenoxy) is 2. The highest BCUT2D eigenvalue weighted by Gasteiger charge is 2.31. The number of benzene rings is 2. The SMILES string of the molecule is O=C(c1nn(-c2ccc(CN3CCOCC3)cc2)c2c1CSc1ccccc1-2)N1CCOCC1. The number of carbonyl (C=O) groups is 1. The minimum atomic E-state index is 0.00205. The Hall–Kier alpha value is -2.65. The number of rotatable bonds is 4. The second-order valence-corrected chi connectivity index (χ2v) is 9.85. The summed E-state index contributed by atoms with van der Waals surface area (Å²) in [5, 5.41) is 4.93. The maximum atomic E-state index is 13.5. The fourth-order valence-corrected chi connectivity index (χ4v) is 5.90. The van der Waals surface area contributed by atoms with Crippen molar-refractivity contribution in [3.05, 3.63) is 65.4 Å². The van der Waals surface area contributed by atoms with Gasteiger partial charge in [0.05, 0.1) is 37.8 Å². The lowest BCUT2D eigenvalue weighted by Crippen LogP contribution is -2.41. The lowest BCUT2D eigenvalue weighted by atomic mass is 10.0. The molecule has 0 bridgehead atoms. The van der Waals surface area contributed by atoms with Crippen LogP contribution in [0.4, 0.5) is 0 Å². The first-order valence-corrected chi connectivity index (χ1v) is 12.9. The first kappa shape index (κ1) is 21.9. The molecule has 2 fully saturated rings. The van der Waals surface area contributed by atoms with Crippen LogP contribution < -0.4 is 0 Å². The smallest absolute Gasteiger partial charge is 0.274 e. The van der Waals surface area contributed by atoms with E-state index in [1.807, 2.05) is 9.58 Å². The summed E-state index contributed by atoms with van der Waals surface area (Å²) in [4.78, 5) is 19.0. The molecule has 4 heterocycles. The van der Waals surface area contributed by atoms with Crippen molar-refractivity contribution in [2.45, 2.75) is 17.2 Å². The summed E-state index contributed by atoms with van der Waals surface area (Å²) >= 11 is 1.78. The van der Waals surface area contributed by atoms with E-state index in [1.165, 1.54) is 10.5 Å². The van der Waals surface area contributed by atoms with Gasteiger partial charge in [0.25, 0.3) is 5.91 Å². The fourth-order valence-electron chi connectivity index (χ4n) is 4.84. The van der Waals surface area contributed by atoms with Gasteiger partial charge >= 0.3 is 0 Å². The summed E-state index contributed by atoms with van der Waals surface area (Å²) in [7, 11) is 0. The standard InChI is InChI=1S/C26H28N4O3S/c31-26(29-11-15-33-16-12-29)24-22-18-34-23-4-2-1-3-21(23)25(22)30(27-24)20-7-5-19(6-8-20)17-28-9-13-32-14-10-28/h1-8H,9-18H2. The Morgan fingerprint density at radius 3 is 2.38 bits per heavy atom. The third-order valence-corrected chi connectivity index (χ3v) is 7.79. The first-order valence-electron chi connectivity index (χ1n) is 11.9. The first-order chi connectivity index (χ1) is 16.8. The number of morpholine rings is 2. The van der Waals surface area contributed by atoms with Crippen LogP contribution in [-0.4, -0.2) is 78.1 Å². The summed E-state index contributed by atoms with van der Waals surface area (Å²) in [6, 6.07) is 17.0. The number of amides is 1. The molecule has 1 aromatic heterocycles. The van der Waals surface area contributed by atoms with Crippen LogP contribution >= 0.6 is 11.8 Å². The van der Waals surface area contributed by atoms with Crippen molar-refractivity contribution in [2.75, 3.05) is 52.6 Å². The van der Waals surface area contributed by atoms with Gasteiger partial charge in [0.15, 0.2) is 5.69 Å². The molecule has 8 heteroatoms. The van der Waals surface area contributed by atoms with Crippen LogP contribution in [0.3, 0.4) is 0 Å². The zero-order valence-corrected chi connectivity index (χ0v) is 19.9. The van der Waals surface area contributed by atoms with E-state index in [0.717, 1.165) is 61.1 Å². The van der Waals surface area contributed by atoms with E-state index in [4.69, 9.17) is 14.6 Å². The second-order valence-electron chi connectivity index (χ2n) is 8.83. The van der Waals surface area contributed by atoms with Gasteiger partial charge in [-0.2, -0.15) is 5.10 Å². The predicted molar refractivity (Wildman–Crippen MR) is 131 cm³/mol. The molecule has 1 amide bonds. The van der Waals surface area contributed by atoms with Crippen LogP contribution in [0.1, 0.15) is 21.6 Å². The third kappa shape index (κ3) is 4.15. The molecule has 0 saturated carbocycles. The second kappa shape index (κ2) is 9.54. The van der Waals surface area contributed by atoms with Crippen molar-refractivity contribution in [3.63, 3.8) is 0 Å². The van der Waals surface area contributed by atoms with E-state index in [-0.39, 0.29) is 5.91 Å². The van der Waals surface area contributed by atoms with E-state index >= 15 is 0 Å². The molecule has 0 aliphatic carbocycles. The molecule has 0 N–H and O–H groups in total. The molecule has 6 rings (SSSR count). The number of fused-ring (bicyclic) bond motifs is 3. The van der Waals surface area contributed by atoms with Crippen LogP contribution in [0.15, 0.2) is 53.4 Å². The summed E-state index contributed by atoms with van der Waals surface area (Å²) in [5.41, 5.74) is 6.01. The Morgan fingerprint density at radius 2 is 1.62 bits per heavy atom. The largest absolute Gasteiger partial charge is 0.379 e.